The van der Waals surface area contributed by atoms with Crippen LogP contribution in [0.4, 0.5) is 11.4 Å². The number of methoxy groups -OCH3 is 1. The molecular weight excluding hydrogens is 481 g/mol. The predicted molar refractivity (Wildman–Crippen MR) is 159 cm³/mol. The van der Waals surface area contributed by atoms with E-state index in [-0.39, 0.29) is 11.5 Å². The van der Waals surface area contributed by atoms with Gasteiger partial charge in [0.15, 0.2) is 0 Å². The Balaban J connectivity index is 2.06. The number of phenolic OH excluding ortho intramolecular Hbond substituents is 2. The largest absolute Gasteiger partial charge is 0.507 e. The number of rotatable bonds is 7. The summed E-state index contributed by atoms with van der Waals surface area (Å²) < 4.78 is 5.41. The van der Waals surface area contributed by atoms with E-state index in [1.165, 1.54) is 10.4 Å². The number of ether oxygens (including phenoxy) is 1. The number of hydrogen-bond acceptors (Lipinski definition) is 5. The van der Waals surface area contributed by atoms with Crippen LogP contribution in [-0.2, 0) is 0 Å². The van der Waals surface area contributed by atoms with Gasteiger partial charge in [0.05, 0.1) is 34.6 Å². The smallest absolute Gasteiger partial charge is 0.127 e. The molecule has 0 aliphatic heterocycles. The van der Waals surface area contributed by atoms with E-state index in [2.05, 4.69) is 51.4 Å². The lowest BCUT2D eigenvalue weighted by Crippen LogP contribution is -2.38. The van der Waals surface area contributed by atoms with Crippen LogP contribution in [0.3, 0.4) is 0 Å². The summed E-state index contributed by atoms with van der Waals surface area (Å²) in [5, 5.41) is 23.9. The second-order valence-corrected chi connectivity index (χ2v) is 21.5. The fraction of sp³-hybridized carbons (Fsp3) is 0.310. The van der Waals surface area contributed by atoms with Crippen molar-refractivity contribution in [2.24, 2.45) is 9.98 Å². The number of phenols is 2. The third-order valence-corrected chi connectivity index (χ3v) is 10.3. The fourth-order valence-electron chi connectivity index (χ4n) is 3.80. The third-order valence-electron chi connectivity index (χ3n) is 6.26. The van der Waals surface area contributed by atoms with Gasteiger partial charge in [-0.1, -0.05) is 73.9 Å². The molecule has 36 heavy (non-hydrogen) atoms. The average molecular weight is 519 g/mol. The molecule has 0 saturated carbocycles. The van der Waals surface area contributed by atoms with Gasteiger partial charge in [0.1, 0.15) is 17.2 Å². The molecule has 3 aromatic rings. The van der Waals surface area contributed by atoms with Crippen LogP contribution in [0.2, 0.25) is 39.3 Å². The van der Waals surface area contributed by atoms with E-state index in [4.69, 9.17) is 14.7 Å². The van der Waals surface area contributed by atoms with Crippen molar-refractivity contribution in [1.29, 1.82) is 0 Å². The molecule has 0 saturated heterocycles. The summed E-state index contributed by atoms with van der Waals surface area (Å²) >= 11 is 0. The second-order valence-electron chi connectivity index (χ2n) is 11.3. The van der Waals surface area contributed by atoms with E-state index in [9.17, 15) is 10.2 Å². The third kappa shape index (κ3) is 6.33. The molecule has 0 fully saturated rings. The normalized spacial score (nSPS) is 12.6. The highest BCUT2D eigenvalue weighted by Crippen LogP contribution is 2.33. The van der Waals surface area contributed by atoms with Crippen molar-refractivity contribution in [1.82, 2.24) is 0 Å². The topological polar surface area (TPSA) is 74.4 Å². The minimum Gasteiger partial charge on any atom is -0.507 e. The van der Waals surface area contributed by atoms with Crippen LogP contribution in [-0.4, -0.2) is 45.9 Å². The van der Waals surface area contributed by atoms with Gasteiger partial charge in [-0.05, 0) is 37.1 Å². The molecule has 0 spiro atoms. The number of aryl methyl sites for hydroxylation is 2. The first-order valence-electron chi connectivity index (χ1n) is 12.1. The molecule has 3 rings (SSSR count). The molecule has 0 unspecified atom stereocenters. The van der Waals surface area contributed by atoms with Crippen molar-refractivity contribution < 1.29 is 14.9 Å². The summed E-state index contributed by atoms with van der Waals surface area (Å²) in [5.74, 6) is 1.14. The number of aromatic hydroxyl groups is 2. The first kappa shape index (κ1) is 27.4. The van der Waals surface area contributed by atoms with Gasteiger partial charge in [-0.3, -0.25) is 9.98 Å². The van der Waals surface area contributed by atoms with Crippen LogP contribution in [0.15, 0.2) is 52.4 Å². The zero-order valence-corrected chi connectivity index (χ0v) is 24.9. The molecule has 0 atom stereocenters. The summed E-state index contributed by atoms with van der Waals surface area (Å²) in [6.45, 7) is 17.5. The lowest BCUT2D eigenvalue weighted by atomic mass is 10.1. The summed E-state index contributed by atoms with van der Waals surface area (Å²) in [7, 11) is -1.52. The molecule has 2 N–H and O–H groups in total. The standard InChI is InChI=1S/C29H38N2O3Si2/c1-19-12-24(35(4,5)6)14-21(28(19)32)17-30-26-11-10-23(34-3)16-27(26)31-18-22-15-25(36(7,8)9)13-20(2)29(22)33/h10-18,32-33H,1-9H3. The minimum atomic E-state index is -1.57. The molecule has 0 heterocycles. The van der Waals surface area contributed by atoms with Gasteiger partial charge in [-0.2, -0.15) is 0 Å². The lowest BCUT2D eigenvalue weighted by molar-refractivity contribution is 0.415. The van der Waals surface area contributed by atoms with E-state index in [0.717, 1.165) is 11.1 Å². The number of aliphatic imine (C=N–C) groups is 2. The Morgan fingerprint density at radius 3 is 1.53 bits per heavy atom. The van der Waals surface area contributed by atoms with Crippen molar-refractivity contribution in [3.8, 4) is 17.2 Å². The van der Waals surface area contributed by atoms with Gasteiger partial charge < -0.3 is 14.9 Å². The van der Waals surface area contributed by atoms with Crippen molar-refractivity contribution in [2.45, 2.75) is 53.1 Å². The first-order valence-corrected chi connectivity index (χ1v) is 19.1. The predicted octanol–water partition coefficient (Wildman–Crippen LogP) is 6.31. The summed E-state index contributed by atoms with van der Waals surface area (Å²) in [5.41, 5.74) is 4.31. The quantitative estimate of drug-likeness (QED) is 0.284. The number of hydrogen-bond donors (Lipinski definition) is 2. The molecule has 0 amide bonds. The fourth-order valence-corrected chi connectivity index (χ4v) is 6.27. The maximum Gasteiger partial charge on any atom is 0.127 e. The zero-order chi connectivity index (χ0) is 26.8. The molecule has 0 radical (unpaired) electrons. The van der Waals surface area contributed by atoms with Gasteiger partial charge in [0.2, 0.25) is 0 Å². The highest BCUT2D eigenvalue weighted by atomic mass is 28.3. The maximum atomic E-state index is 10.7. The van der Waals surface area contributed by atoms with Crippen LogP contribution in [0.1, 0.15) is 22.3 Å². The molecule has 0 bridgehead atoms. The molecule has 190 valence electrons. The Morgan fingerprint density at radius 2 is 1.11 bits per heavy atom. The Bertz CT molecular complexity index is 1330. The SMILES string of the molecule is COc1ccc(N=Cc2cc([Si](C)(C)C)cc(C)c2O)c(N=Cc2cc([Si](C)(C)C)cc(C)c2O)c1. The van der Waals surface area contributed by atoms with Gasteiger partial charge in [-0.25, -0.2) is 0 Å². The van der Waals surface area contributed by atoms with Gasteiger partial charge >= 0.3 is 0 Å². The molecule has 3 aromatic carbocycles. The van der Waals surface area contributed by atoms with E-state index >= 15 is 0 Å². The Morgan fingerprint density at radius 1 is 0.667 bits per heavy atom. The number of benzene rings is 3. The molecular formula is C29H38N2O3Si2. The lowest BCUT2D eigenvalue weighted by Gasteiger charge is -2.19. The zero-order valence-electron chi connectivity index (χ0n) is 22.9. The van der Waals surface area contributed by atoms with Gasteiger partial charge in [0, 0.05) is 29.6 Å². The maximum absolute atomic E-state index is 10.7. The summed E-state index contributed by atoms with van der Waals surface area (Å²) in [6.07, 6.45) is 3.38. The Labute approximate surface area is 217 Å². The van der Waals surface area contributed by atoms with Crippen molar-refractivity contribution in [3.63, 3.8) is 0 Å². The van der Waals surface area contributed by atoms with Crippen LogP contribution < -0.4 is 15.1 Å². The van der Waals surface area contributed by atoms with Crippen molar-refractivity contribution >= 4 is 50.3 Å². The van der Waals surface area contributed by atoms with E-state index in [1.54, 1.807) is 19.5 Å². The summed E-state index contributed by atoms with van der Waals surface area (Å²) in [4.78, 5) is 9.39. The monoisotopic (exact) mass is 518 g/mol. The van der Waals surface area contributed by atoms with Crippen LogP contribution in [0.5, 0.6) is 17.2 Å². The van der Waals surface area contributed by atoms with Crippen molar-refractivity contribution in [2.75, 3.05) is 7.11 Å². The van der Waals surface area contributed by atoms with Gasteiger partial charge in [-0.15, -0.1) is 0 Å². The molecule has 5 nitrogen and oxygen atoms in total. The molecule has 0 aliphatic rings. The van der Waals surface area contributed by atoms with E-state index < -0.39 is 16.1 Å². The van der Waals surface area contributed by atoms with Crippen LogP contribution >= 0.6 is 0 Å². The van der Waals surface area contributed by atoms with Crippen LogP contribution in [0, 0.1) is 13.8 Å². The Hall–Kier alpha value is -3.17. The Kier molecular flexibility index (Phi) is 7.95. The molecule has 0 aliphatic carbocycles. The summed E-state index contributed by atoms with van der Waals surface area (Å²) in [6, 6.07) is 13.7. The van der Waals surface area contributed by atoms with Gasteiger partial charge in [0.25, 0.3) is 0 Å². The molecule has 0 aromatic heterocycles. The van der Waals surface area contributed by atoms with E-state index in [1.807, 2.05) is 44.2 Å². The minimum absolute atomic E-state index is 0.234. The second kappa shape index (κ2) is 10.4. The average Bonchev–Trinajstić information content (AvgIpc) is 2.79. The highest BCUT2D eigenvalue weighted by Gasteiger charge is 2.20. The van der Waals surface area contributed by atoms with Crippen molar-refractivity contribution in [3.05, 3.63) is 64.7 Å². The van der Waals surface area contributed by atoms with E-state index in [0.29, 0.717) is 28.3 Å². The number of nitrogens with zero attached hydrogens (tertiary/aromatic N) is 2. The molecule has 7 heteroatoms. The van der Waals surface area contributed by atoms with Crippen LogP contribution in [0.25, 0.3) is 0 Å². The highest BCUT2D eigenvalue weighted by molar-refractivity contribution is 6.89. The first-order chi connectivity index (χ1) is 16.7.